The van der Waals surface area contributed by atoms with E-state index in [0.29, 0.717) is 29.4 Å². The van der Waals surface area contributed by atoms with Crippen molar-refractivity contribution in [1.29, 1.82) is 0 Å². The standard InChI is InChI=1S/C17H16ClN3O2/c1-20(16(22)13-7-4-5-10-19-13)15-9-11-21(17(15)23)14-8-3-2-6-12(14)18/h2-8,10,15H,9,11H2,1H3. The Hall–Kier alpha value is -2.40. The van der Waals surface area contributed by atoms with E-state index >= 15 is 0 Å². The van der Waals surface area contributed by atoms with Crippen LogP contribution in [-0.4, -0.2) is 41.3 Å². The first-order valence-corrected chi connectivity index (χ1v) is 7.71. The smallest absolute Gasteiger partial charge is 0.272 e. The summed E-state index contributed by atoms with van der Waals surface area (Å²) in [4.78, 5) is 32.3. The molecule has 1 aliphatic heterocycles. The molecule has 1 atom stereocenters. The number of carbonyl (C=O) groups excluding carboxylic acids is 2. The van der Waals surface area contributed by atoms with Crippen molar-refractivity contribution in [2.45, 2.75) is 12.5 Å². The molecule has 6 heteroatoms. The Morgan fingerprint density at radius 3 is 2.70 bits per heavy atom. The zero-order chi connectivity index (χ0) is 16.4. The maximum atomic E-state index is 12.7. The molecule has 1 unspecified atom stereocenters. The summed E-state index contributed by atoms with van der Waals surface area (Å²) < 4.78 is 0. The van der Waals surface area contributed by atoms with Gasteiger partial charge in [-0.1, -0.05) is 29.8 Å². The van der Waals surface area contributed by atoms with E-state index in [1.807, 2.05) is 18.2 Å². The second-order valence-electron chi connectivity index (χ2n) is 5.38. The molecule has 2 amide bonds. The molecule has 3 rings (SSSR count). The SMILES string of the molecule is CN(C(=O)c1ccccn1)C1CCN(c2ccccc2Cl)C1=O. The minimum atomic E-state index is -0.499. The molecule has 0 aliphatic carbocycles. The number of anilines is 1. The Morgan fingerprint density at radius 1 is 1.26 bits per heavy atom. The van der Waals surface area contributed by atoms with E-state index in [4.69, 9.17) is 11.6 Å². The Kier molecular flexibility index (Phi) is 4.30. The highest BCUT2D eigenvalue weighted by molar-refractivity contribution is 6.34. The Bertz CT molecular complexity index is 736. The van der Waals surface area contributed by atoms with Gasteiger partial charge < -0.3 is 9.80 Å². The molecule has 0 spiro atoms. The average Bonchev–Trinajstić information content (AvgIpc) is 2.96. The highest BCUT2D eigenvalue weighted by Crippen LogP contribution is 2.30. The number of pyridine rings is 1. The lowest BCUT2D eigenvalue weighted by atomic mass is 10.2. The largest absolute Gasteiger partial charge is 0.328 e. The molecule has 5 nitrogen and oxygen atoms in total. The quantitative estimate of drug-likeness (QED) is 0.869. The summed E-state index contributed by atoms with van der Waals surface area (Å²) in [6, 6.07) is 11.9. The third-order valence-electron chi connectivity index (χ3n) is 3.99. The van der Waals surface area contributed by atoms with Crippen molar-refractivity contribution < 1.29 is 9.59 Å². The van der Waals surface area contributed by atoms with E-state index in [9.17, 15) is 9.59 Å². The maximum Gasteiger partial charge on any atom is 0.272 e. The zero-order valence-corrected chi connectivity index (χ0v) is 13.4. The van der Waals surface area contributed by atoms with Crippen molar-refractivity contribution in [2.75, 3.05) is 18.5 Å². The first kappa shape index (κ1) is 15.5. The van der Waals surface area contributed by atoms with Crippen LogP contribution in [0.1, 0.15) is 16.9 Å². The molecular formula is C17H16ClN3O2. The van der Waals surface area contributed by atoms with Gasteiger partial charge in [-0.3, -0.25) is 14.6 Å². The third-order valence-corrected chi connectivity index (χ3v) is 4.31. The molecule has 0 N–H and O–H groups in total. The number of rotatable bonds is 3. The number of carbonyl (C=O) groups is 2. The summed E-state index contributed by atoms with van der Waals surface area (Å²) in [5.41, 5.74) is 1.01. The Labute approximate surface area is 139 Å². The molecule has 1 aromatic carbocycles. The zero-order valence-electron chi connectivity index (χ0n) is 12.6. The van der Waals surface area contributed by atoms with Crippen LogP contribution in [0, 0.1) is 0 Å². The van der Waals surface area contributed by atoms with Crippen LogP contribution in [0.3, 0.4) is 0 Å². The molecule has 2 heterocycles. The molecule has 118 valence electrons. The van der Waals surface area contributed by atoms with Gasteiger partial charge in [-0.25, -0.2) is 0 Å². The number of amides is 2. The van der Waals surface area contributed by atoms with E-state index in [1.165, 1.54) is 4.90 Å². The summed E-state index contributed by atoms with van der Waals surface area (Å²) in [5, 5.41) is 0.528. The van der Waals surface area contributed by atoms with Crippen molar-refractivity contribution in [3.63, 3.8) is 0 Å². The first-order valence-electron chi connectivity index (χ1n) is 7.33. The minimum Gasteiger partial charge on any atom is -0.328 e. The van der Waals surface area contributed by atoms with Gasteiger partial charge in [0.1, 0.15) is 11.7 Å². The summed E-state index contributed by atoms with van der Waals surface area (Å²) in [5.74, 6) is -0.380. The molecule has 23 heavy (non-hydrogen) atoms. The highest BCUT2D eigenvalue weighted by Gasteiger charge is 2.38. The predicted molar refractivity (Wildman–Crippen MR) is 88.5 cm³/mol. The van der Waals surface area contributed by atoms with Crippen LogP contribution in [0.4, 0.5) is 5.69 Å². The number of nitrogens with zero attached hydrogens (tertiary/aromatic N) is 3. The van der Waals surface area contributed by atoms with E-state index < -0.39 is 6.04 Å². The lowest BCUT2D eigenvalue weighted by Gasteiger charge is -2.24. The average molecular weight is 330 g/mol. The number of hydrogen-bond donors (Lipinski definition) is 0. The van der Waals surface area contributed by atoms with Gasteiger partial charge in [-0.15, -0.1) is 0 Å². The summed E-state index contributed by atoms with van der Waals surface area (Å²) in [6.45, 7) is 0.535. The fourth-order valence-corrected chi connectivity index (χ4v) is 2.98. The normalized spacial score (nSPS) is 17.4. The predicted octanol–water partition coefficient (Wildman–Crippen LogP) is 2.61. The molecule has 1 saturated heterocycles. The molecule has 0 bridgehead atoms. The van der Waals surface area contributed by atoms with Crippen molar-refractivity contribution in [3.8, 4) is 0 Å². The minimum absolute atomic E-state index is 0.120. The molecule has 1 fully saturated rings. The number of aromatic nitrogens is 1. The van der Waals surface area contributed by atoms with Crippen molar-refractivity contribution in [1.82, 2.24) is 9.88 Å². The van der Waals surface area contributed by atoms with Crippen molar-refractivity contribution in [3.05, 3.63) is 59.4 Å². The number of benzene rings is 1. The van der Waals surface area contributed by atoms with Gasteiger partial charge >= 0.3 is 0 Å². The Balaban J connectivity index is 1.79. The van der Waals surface area contributed by atoms with E-state index in [-0.39, 0.29) is 11.8 Å². The number of likely N-dealkylation sites (N-methyl/N-ethyl adjacent to an activating group) is 1. The number of hydrogen-bond acceptors (Lipinski definition) is 3. The molecular weight excluding hydrogens is 314 g/mol. The van der Waals surface area contributed by atoms with Gasteiger partial charge in [0.2, 0.25) is 5.91 Å². The van der Waals surface area contributed by atoms with Gasteiger partial charge in [-0.05, 0) is 30.7 Å². The highest BCUT2D eigenvalue weighted by atomic mass is 35.5. The van der Waals surface area contributed by atoms with Crippen LogP contribution < -0.4 is 4.90 Å². The van der Waals surface area contributed by atoms with Crippen LogP contribution in [-0.2, 0) is 4.79 Å². The molecule has 0 radical (unpaired) electrons. The lowest BCUT2D eigenvalue weighted by Crippen LogP contribution is -2.43. The van der Waals surface area contributed by atoms with Gasteiger partial charge in [0, 0.05) is 19.8 Å². The summed E-state index contributed by atoms with van der Waals surface area (Å²) >= 11 is 6.17. The van der Waals surface area contributed by atoms with Gasteiger partial charge in [0.15, 0.2) is 0 Å². The van der Waals surface area contributed by atoms with Crippen LogP contribution in [0.5, 0.6) is 0 Å². The lowest BCUT2D eigenvalue weighted by molar-refractivity contribution is -0.120. The van der Waals surface area contributed by atoms with Crippen LogP contribution >= 0.6 is 11.6 Å². The van der Waals surface area contributed by atoms with Crippen molar-refractivity contribution >= 4 is 29.1 Å². The molecule has 1 aliphatic rings. The monoisotopic (exact) mass is 329 g/mol. The second-order valence-corrected chi connectivity index (χ2v) is 5.78. The van der Waals surface area contributed by atoms with Crippen LogP contribution in [0.25, 0.3) is 0 Å². The first-order chi connectivity index (χ1) is 11.1. The number of para-hydroxylation sites is 1. The van der Waals surface area contributed by atoms with Gasteiger partial charge in [0.05, 0.1) is 10.7 Å². The van der Waals surface area contributed by atoms with Crippen LogP contribution in [0.15, 0.2) is 48.7 Å². The third kappa shape index (κ3) is 2.92. The Morgan fingerprint density at radius 2 is 2.00 bits per heavy atom. The second kappa shape index (κ2) is 6.38. The fourth-order valence-electron chi connectivity index (χ4n) is 2.75. The summed E-state index contributed by atoms with van der Waals surface area (Å²) in [7, 11) is 1.63. The topological polar surface area (TPSA) is 53.5 Å². The van der Waals surface area contributed by atoms with E-state index in [1.54, 1.807) is 42.4 Å². The fraction of sp³-hybridized carbons (Fsp3) is 0.235. The maximum absolute atomic E-state index is 12.7. The van der Waals surface area contributed by atoms with Crippen LogP contribution in [0.2, 0.25) is 5.02 Å². The van der Waals surface area contributed by atoms with Gasteiger partial charge in [-0.2, -0.15) is 0 Å². The van der Waals surface area contributed by atoms with Crippen molar-refractivity contribution in [2.24, 2.45) is 0 Å². The molecule has 1 aromatic heterocycles. The molecule has 0 saturated carbocycles. The van der Waals surface area contributed by atoms with Gasteiger partial charge in [0.25, 0.3) is 5.91 Å². The number of halogens is 1. The van der Waals surface area contributed by atoms with E-state index in [0.717, 1.165) is 0 Å². The van der Waals surface area contributed by atoms with E-state index in [2.05, 4.69) is 4.98 Å². The summed E-state index contributed by atoms with van der Waals surface area (Å²) in [6.07, 6.45) is 2.13. The molecule has 2 aromatic rings.